The van der Waals surface area contributed by atoms with Crippen LogP contribution < -0.4 is 0 Å². The van der Waals surface area contributed by atoms with Gasteiger partial charge in [-0.25, -0.2) is 0 Å². The van der Waals surface area contributed by atoms with Gasteiger partial charge in [0.05, 0.1) is 22.2 Å². The van der Waals surface area contributed by atoms with E-state index in [1.165, 1.54) is 0 Å². The summed E-state index contributed by atoms with van der Waals surface area (Å²) in [4.78, 5) is 12.6. The summed E-state index contributed by atoms with van der Waals surface area (Å²) in [5.41, 5.74) is -5.06. The lowest BCUT2D eigenvalue weighted by Crippen LogP contribution is -2.76. The van der Waals surface area contributed by atoms with Gasteiger partial charge < -0.3 is 20.1 Å². The molecule has 4 fully saturated rings. The normalized spacial score (nSPS) is 50.2. The fourth-order valence-electron chi connectivity index (χ4n) is 5.10. The summed E-state index contributed by atoms with van der Waals surface area (Å²) in [6.07, 6.45) is 2.01. The van der Waals surface area contributed by atoms with Crippen LogP contribution in [0.1, 0.15) is 66.2 Å². The van der Waals surface area contributed by atoms with Gasteiger partial charge in [0.25, 0.3) is 0 Å². The largest absolute Gasteiger partial charge is 0.458 e. The Morgan fingerprint density at radius 2 is 1.59 bits per heavy atom. The molecule has 0 saturated heterocycles. The van der Waals surface area contributed by atoms with Crippen LogP contribution in [0.25, 0.3) is 0 Å². The van der Waals surface area contributed by atoms with Crippen molar-refractivity contribution in [2.45, 2.75) is 88.6 Å². The molecule has 0 aromatic carbocycles. The fraction of sp³-hybridized carbons (Fsp3) is 0.941. The third-order valence-electron chi connectivity index (χ3n) is 6.51. The average Bonchev–Trinajstić information content (AvgIpc) is 2.32. The maximum atomic E-state index is 12.6. The number of hydrogen-bond donors (Lipinski definition) is 3. The van der Waals surface area contributed by atoms with Crippen molar-refractivity contribution in [3.63, 3.8) is 0 Å². The summed E-state index contributed by atoms with van der Waals surface area (Å²) in [5.74, 6) is -0.614. The summed E-state index contributed by atoms with van der Waals surface area (Å²) < 4.78 is 5.90. The molecule has 4 aliphatic rings. The van der Waals surface area contributed by atoms with Gasteiger partial charge in [-0.1, -0.05) is 13.8 Å². The number of carbonyl (C=O) groups is 1. The standard InChI is InChI=1S/C17H28O5/c1-5-13(3,4)12(18)22-17-9-14(19)6-15(20,10-17)8-16(21,7-14)11(17)2/h11,19-21H,5-10H2,1-4H3. The van der Waals surface area contributed by atoms with Gasteiger partial charge in [-0.2, -0.15) is 0 Å². The van der Waals surface area contributed by atoms with Gasteiger partial charge in [-0.05, 0) is 20.3 Å². The smallest absolute Gasteiger partial charge is 0.312 e. The van der Waals surface area contributed by atoms with E-state index in [1.807, 2.05) is 27.7 Å². The van der Waals surface area contributed by atoms with Crippen molar-refractivity contribution in [3.8, 4) is 0 Å². The second-order valence-electron chi connectivity index (χ2n) is 8.85. The predicted molar refractivity (Wildman–Crippen MR) is 80.0 cm³/mol. The Morgan fingerprint density at radius 3 is 2.05 bits per heavy atom. The third-order valence-corrected chi connectivity index (χ3v) is 6.51. The first-order valence-corrected chi connectivity index (χ1v) is 8.28. The summed E-state index contributed by atoms with van der Waals surface area (Å²) in [6.45, 7) is 7.47. The molecule has 4 rings (SSSR count). The highest BCUT2D eigenvalue weighted by Gasteiger charge is 2.72. The van der Waals surface area contributed by atoms with Crippen LogP contribution in [0.3, 0.4) is 0 Å². The molecule has 5 heteroatoms. The van der Waals surface area contributed by atoms with Crippen molar-refractivity contribution in [1.29, 1.82) is 0 Å². The van der Waals surface area contributed by atoms with Crippen molar-refractivity contribution < 1.29 is 24.9 Å². The number of hydrogen-bond acceptors (Lipinski definition) is 5. The Labute approximate surface area is 131 Å². The minimum Gasteiger partial charge on any atom is -0.458 e. The molecular weight excluding hydrogens is 284 g/mol. The number of esters is 1. The lowest BCUT2D eigenvalue weighted by Gasteiger charge is -2.68. The highest BCUT2D eigenvalue weighted by Crippen LogP contribution is 2.64. The molecule has 4 bridgehead atoms. The monoisotopic (exact) mass is 312 g/mol. The van der Waals surface area contributed by atoms with Gasteiger partial charge in [-0.3, -0.25) is 4.79 Å². The first-order valence-electron chi connectivity index (χ1n) is 8.28. The molecular formula is C17H28O5. The second-order valence-corrected chi connectivity index (χ2v) is 8.85. The Hall–Kier alpha value is -0.650. The van der Waals surface area contributed by atoms with Crippen LogP contribution in [-0.2, 0) is 9.53 Å². The Bertz CT molecular complexity index is 493. The molecule has 0 radical (unpaired) electrons. The van der Waals surface area contributed by atoms with Crippen LogP contribution in [0.4, 0.5) is 0 Å². The van der Waals surface area contributed by atoms with Gasteiger partial charge in [-0.15, -0.1) is 0 Å². The zero-order valence-electron chi connectivity index (χ0n) is 14.0. The summed E-state index contributed by atoms with van der Waals surface area (Å²) in [7, 11) is 0. The quantitative estimate of drug-likeness (QED) is 0.688. The first kappa shape index (κ1) is 16.2. The molecule has 126 valence electrons. The molecule has 22 heavy (non-hydrogen) atoms. The van der Waals surface area contributed by atoms with E-state index >= 15 is 0 Å². The van der Waals surface area contributed by atoms with Crippen LogP contribution in [0, 0.1) is 11.3 Å². The Morgan fingerprint density at radius 1 is 1.09 bits per heavy atom. The highest BCUT2D eigenvalue weighted by atomic mass is 16.6. The minimum absolute atomic E-state index is 0.250. The molecule has 4 saturated carbocycles. The van der Waals surface area contributed by atoms with E-state index in [0.717, 1.165) is 0 Å². The summed E-state index contributed by atoms with van der Waals surface area (Å²) in [6, 6.07) is 0. The van der Waals surface area contributed by atoms with Gasteiger partial charge in [0, 0.05) is 38.0 Å². The van der Waals surface area contributed by atoms with Crippen LogP contribution in [0.15, 0.2) is 0 Å². The average molecular weight is 312 g/mol. The molecule has 0 aliphatic heterocycles. The number of carbonyl (C=O) groups excluding carboxylic acids is 1. The molecule has 0 aromatic heterocycles. The van der Waals surface area contributed by atoms with Gasteiger partial charge in [0.2, 0.25) is 0 Å². The van der Waals surface area contributed by atoms with E-state index in [4.69, 9.17) is 4.74 Å². The van der Waals surface area contributed by atoms with Crippen LogP contribution in [0.5, 0.6) is 0 Å². The van der Waals surface area contributed by atoms with Crippen molar-refractivity contribution in [3.05, 3.63) is 0 Å². The molecule has 0 amide bonds. The van der Waals surface area contributed by atoms with Crippen molar-refractivity contribution >= 4 is 5.97 Å². The van der Waals surface area contributed by atoms with E-state index in [2.05, 4.69) is 0 Å². The molecule has 5 nitrogen and oxygen atoms in total. The predicted octanol–water partition coefficient (Wildman–Crippen LogP) is 1.53. The van der Waals surface area contributed by atoms with E-state index in [0.29, 0.717) is 19.3 Å². The third kappa shape index (κ3) is 2.13. The minimum atomic E-state index is -1.17. The van der Waals surface area contributed by atoms with Crippen LogP contribution in [0.2, 0.25) is 0 Å². The van der Waals surface area contributed by atoms with Gasteiger partial charge >= 0.3 is 5.97 Å². The summed E-state index contributed by atoms with van der Waals surface area (Å²) >= 11 is 0. The second kappa shape index (κ2) is 4.25. The highest BCUT2D eigenvalue weighted by molar-refractivity contribution is 5.76. The van der Waals surface area contributed by atoms with E-state index in [-0.39, 0.29) is 31.1 Å². The van der Waals surface area contributed by atoms with E-state index in [9.17, 15) is 20.1 Å². The molecule has 3 N–H and O–H groups in total. The van der Waals surface area contributed by atoms with Crippen LogP contribution in [-0.4, -0.2) is 43.7 Å². The lowest BCUT2D eigenvalue weighted by atomic mass is 9.45. The molecule has 0 aromatic rings. The molecule has 4 aliphatic carbocycles. The van der Waals surface area contributed by atoms with E-state index < -0.39 is 27.8 Å². The van der Waals surface area contributed by atoms with Crippen molar-refractivity contribution in [2.24, 2.45) is 11.3 Å². The Balaban J connectivity index is 1.97. The number of rotatable bonds is 3. The maximum Gasteiger partial charge on any atom is 0.312 e. The Kier molecular flexibility index (Phi) is 3.13. The lowest BCUT2D eigenvalue weighted by molar-refractivity contribution is -0.327. The van der Waals surface area contributed by atoms with Crippen LogP contribution >= 0.6 is 0 Å². The topological polar surface area (TPSA) is 87.0 Å². The zero-order chi connectivity index (χ0) is 16.6. The van der Waals surface area contributed by atoms with E-state index in [1.54, 1.807) is 0 Å². The molecule has 3 atom stereocenters. The molecule has 0 spiro atoms. The fourth-order valence-corrected chi connectivity index (χ4v) is 5.10. The SMILES string of the molecule is CCC(C)(C)C(=O)OC12CC3(O)CC(O)(CC(O)(C3)C1C)C2. The molecule has 3 unspecified atom stereocenters. The number of aliphatic hydroxyl groups is 3. The zero-order valence-corrected chi connectivity index (χ0v) is 14.0. The first-order chi connectivity index (χ1) is 9.88. The van der Waals surface area contributed by atoms with Crippen molar-refractivity contribution in [2.75, 3.05) is 0 Å². The van der Waals surface area contributed by atoms with Crippen molar-refractivity contribution in [1.82, 2.24) is 0 Å². The maximum absolute atomic E-state index is 12.6. The molecule has 0 heterocycles. The number of ether oxygens (including phenoxy) is 1. The summed E-state index contributed by atoms with van der Waals surface area (Å²) in [5, 5.41) is 32.5. The van der Waals surface area contributed by atoms with Gasteiger partial charge in [0.1, 0.15) is 5.60 Å². The van der Waals surface area contributed by atoms with Gasteiger partial charge in [0.15, 0.2) is 0 Å².